The lowest BCUT2D eigenvalue weighted by atomic mass is 10.2. The molecule has 4 rings (SSSR count). The number of methoxy groups -OCH3 is 2. The summed E-state index contributed by atoms with van der Waals surface area (Å²) in [6.07, 6.45) is 3.05. The molecule has 0 saturated heterocycles. The number of rotatable bonds is 7. The van der Waals surface area contributed by atoms with E-state index in [1.165, 1.54) is 10.8 Å². The van der Waals surface area contributed by atoms with E-state index in [1.54, 1.807) is 25.0 Å². The number of pyridine rings is 1. The largest absolute Gasteiger partial charge is 0.497 e. The van der Waals surface area contributed by atoms with Crippen molar-refractivity contribution in [2.75, 3.05) is 21.0 Å². The van der Waals surface area contributed by atoms with Gasteiger partial charge in [-0.05, 0) is 29.3 Å². The highest BCUT2D eigenvalue weighted by Gasteiger charge is 2.15. The number of nitrogens with zero attached hydrogens (tertiary/aromatic N) is 5. The maximum absolute atomic E-state index is 12.9. The van der Waals surface area contributed by atoms with Crippen molar-refractivity contribution >= 4 is 16.7 Å². The van der Waals surface area contributed by atoms with E-state index in [0.717, 1.165) is 22.3 Å². The fourth-order valence-corrected chi connectivity index (χ4v) is 3.03. The van der Waals surface area contributed by atoms with Crippen molar-refractivity contribution < 1.29 is 14.2 Å². The molecule has 28 heavy (non-hydrogen) atoms. The SMILES string of the molecule is COCOCc1cnc2c(c1)c1ncnn1c(=O)n2Cc1ccc(OC)cc1. The van der Waals surface area contributed by atoms with Crippen LogP contribution < -0.4 is 10.4 Å². The first-order valence-corrected chi connectivity index (χ1v) is 8.62. The van der Waals surface area contributed by atoms with Crippen LogP contribution >= 0.6 is 0 Å². The van der Waals surface area contributed by atoms with Crippen LogP contribution in [-0.2, 0) is 22.6 Å². The highest BCUT2D eigenvalue weighted by atomic mass is 16.7. The highest BCUT2D eigenvalue weighted by Crippen LogP contribution is 2.19. The summed E-state index contributed by atoms with van der Waals surface area (Å²) in [7, 11) is 3.18. The average Bonchev–Trinajstić information content (AvgIpc) is 3.22. The molecule has 0 unspecified atom stereocenters. The Morgan fingerprint density at radius 2 is 1.86 bits per heavy atom. The Morgan fingerprint density at radius 3 is 2.61 bits per heavy atom. The molecule has 0 radical (unpaired) electrons. The molecule has 0 spiro atoms. The first-order valence-electron chi connectivity index (χ1n) is 8.62. The summed E-state index contributed by atoms with van der Waals surface area (Å²) >= 11 is 0. The summed E-state index contributed by atoms with van der Waals surface area (Å²) in [6.45, 7) is 0.881. The fourth-order valence-electron chi connectivity index (χ4n) is 3.03. The van der Waals surface area contributed by atoms with Crippen molar-refractivity contribution in [1.29, 1.82) is 0 Å². The third kappa shape index (κ3) is 3.32. The zero-order valence-corrected chi connectivity index (χ0v) is 15.5. The number of aromatic nitrogens is 5. The predicted octanol–water partition coefficient (Wildman–Crippen LogP) is 1.62. The number of benzene rings is 1. The van der Waals surface area contributed by atoms with Crippen LogP contribution in [0, 0.1) is 0 Å². The number of hydrogen-bond donors (Lipinski definition) is 0. The van der Waals surface area contributed by atoms with Crippen LogP contribution in [-0.4, -0.2) is 45.2 Å². The van der Waals surface area contributed by atoms with E-state index in [0.29, 0.717) is 24.4 Å². The molecule has 0 N–H and O–H groups in total. The lowest BCUT2D eigenvalue weighted by Gasteiger charge is -2.12. The average molecular weight is 381 g/mol. The Morgan fingerprint density at radius 1 is 1.04 bits per heavy atom. The van der Waals surface area contributed by atoms with Crippen molar-refractivity contribution in [3.05, 3.63) is 64.5 Å². The van der Waals surface area contributed by atoms with E-state index >= 15 is 0 Å². The van der Waals surface area contributed by atoms with Gasteiger partial charge in [-0.2, -0.15) is 9.61 Å². The normalized spacial score (nSPS) is 11.4. The molecule has 0 aliphatic carbocycles. The summed E-state index contributed by atoms with van der Waals surface area (Å²) < 4.78 is 18.4. The molecular formula is C19H19N5O4. The van der Waals surface area contributed by atoms with Gasteiger partial charge in [0.1, 0.15) is 24.5 Å². The van der Waals surface area contributed by atoms with Gasteiger partial charge in [-0.3, -0.25) is 4.57 Å². The molecular weight excluding hydrogens is 362 g/mol. The molecule has 0 bridgehead atoms. The number of ether oxygens (including phenoxy) is 3. The molecule has 0 saturated carbocycles. The molecule has 0 fully saturated rings. The summed E-state index contributed by atoms with van der Waals surface area (Å²) in [4.78, 5) is 21.7. The van der Waals surface area contributed by atoms with E-state index in [1.807, 2.05) is 30.3 Å². The monoisotopic (exact) mass is 381 g/mol. The lowest BCUT2D eigenvalue weighted by Crippen LogP contribution is -2.29. The Balaban J connectivity index is 1.81. The van der Waals surface area contributed by atoms with Gasteiger partial charge in [0.2, 0.25) is 0 Å². The third-order valence-electron chi connectivity index (χ3n) is 4.35. The first-order chi connectivity index (χ1) is 13.7. The van der Waals surface area contributed by atoms with Crippen LogP contribution in [0.3, 0.4) is 0 Å². The smallest absolute Gasteiger partial charge is 0.352 e. The van der Waals surface area contributed by atoms with Gasteiger partial charge in [-0.1, -0.05) is 12.1 Å². The van der Waals surface area contributed by atoms with E-state index in [-0.39, 0.29) is 12.5 Å². The molecule has 0 amide bonds. The van der Waals surface area contributed by atoms with Crippen molar-refractivity contribution in [2.24, 2.45) is 0 Å². The fraction of sp³-hybridized carbons (Fsp3) is 0.263. The van der Waals surface area contributed by atoms with Crippen LogP contribution in [0.4, 0.5) is 0 Å². The van der Waals surface area contributed by atoms with Gasteiger partial charge in [0.25, 0.3) is 0 Å². The Kier molecular flexibility index (Phi) is 5.00. The predicted molar refractivity (Wildman–Crippen MR) is 101 cm³/mol. The Labute approximate surface area is 160 Å². The van der Waals surface area contributed by atoms with Gasteiger partial charge in [0.05, 0.1) is 25.6 Å². The Bertz CT molecular complexity index is 1170. The first kappa shape index (κ1) is 18.1. The zero-order chi connectivity index (χ0) is 19.5. The molecule has 0 atom stereocenters. The third-order valence-corrected chi connectivity index (χ3v) is 4.35. The summed E-state index contributed by atoms with van der Waals surface area (Å²) in [5.74, 6) is 0.756. The topological polar surface area (TPSA) is 92.8 Å². The maximum atomic E-state index is 12.9. The van der Waals surface area contributed by atoms with E-state index in [2.05, 4.69) is 15.1 Å². The van der Waals surface area contributed by atoms with Gasteiger partial charge < -0.3 is 14.2 Å². The summed E-state index contributed by atoms with van der Waals surface area (Å²) in [6, 6.07) is 9.45. The van der Waals surface area contributed by atoms with E-state index in [4.69, 9.17) is 14.2 Å². The minimum atomic E-state index is -0.299. The minimum absolute atomic E-state index is 0.190. The molecule has 4 aromatic rings. The number of fused-ring (bicyclic) bond motifs is 3. The van der Waals surface area contributed by atoms with Gasteiger partial charge in [-0.25, -0.2) is 14.8 Å². The maximum Gasteiger partial charge on any atom is 0.352 e. The van der Waals surface area contributed by atoms with Crippen molar-refractivity contribution in [1.82, 2.24) is 24.1 Å². The summed E-state index contributed by atoms with van der Waals surface area (Å²) in [5.41, 5.74) is 2.50. The molecule has 3 heterocycles. The van der Waals surface area contributed by atoms with Crippen molar-refractivity contribution in [3.63, 3.8) is 0 Å². The standard InChI is InChI=1S/C19H19N5O4/c1-26-12-28-10-14-7-16-17(20-8-14)23(19(25)24-18(16)21-11-22-24)9-13-3-5-15(27-2)6-4-13/h3-8,11H,9-10,12H2,1-2H3. The van der Waals surface area contributed by atoms with Crippen LogP contribution in [0.1, 0.15) is 11.1 Å². The second-order valence-electron chi connectivity index (χ2n) is 6.18. The van der Waals surface area contributed by atoms with Crippen LogP contribution in [0.5, 0.6) is 5.75 Å². The summed E-state index contributed by atoms with van der Waals surface area (Å²) in [5, 5.41) is 4.80. The molecule has 9 nitrogen and oxygen atoms in total. The molecule has 0 aliphatic rings. The lowest BCUT2D eigenvalue weighted by molar-refractivity contribution is -0.0391. The second kappa shape index (κ2) is 7.75. The van der Waals surface area contributed by atoms with Crippen LogP contribution in [0.15, 0.2) is 47.7 Å². The van der Waals surface area contributed by atoms with Gasteiger partial charge in [0, 0.05) is 13.3 Å². The van der Waals surface area contributed by atoms with Gasteiger partial charge in [-0.15, -0.1) is 0 Å². The molecule has 3 aromatic heterocycles. The number of hydrogen-bond acceptors (Lipinski definition) is 7. The zero-order valence-electron chi connectivity index (χ0n) is 15.5. The molecule has 0 aliphatic heterocycles. The molecule has 9 heteroatoms. The second-order valence-corrected chi connectivity index (χ2v) is 6.18. The Hall–Kier alpha value is -3.30. The van der Waals surface area contributed by atoms with Crippen molar-refractivity contribution in [3.8, 4) is 5.75 Å². The quantitative estimate of drug-likeness (QED) is 0.355. The molecule has 1 aromatic carbocycles. The molecule has 144 valence electrons. The van der Waals surface area contributed by atoms with Crippen molar-refractivity contribution in [2.45, 2.75) is 13.2 Å². The van der Waals surface area contributed by atoms with E-state index < -0.39 is 0 Å². The van der Waals surface area contributed by atoms with Crippen LogP contribution in [0.25, 0.3) is 16.7 Å². The van der Waals surface area contributed by atoms with Crippen LogP contribution in [0.2, 0.25) is 0 Å². The van der Waals surface area contributed by atoms with E-state index in [9.17, 15) is 4.79 Å². The van der Waals surface area contributed by atoms with Gasteiger partial charge in [0.15, 0.2) is 5.65 Å². The minimum Gasteiger partial charge on any atom is -0.497 e. The highest BCUT2D eigenvalue weighted by molar-refractivity contribution is 5.89. The van der Waals surface area contributed by atoms with Gasteiger partial charge >= 0.3 is 5.69 Å².